The summed E-state index contributed by atoms with van der Waals surface area (Å²) in [5, 5.41) is 0. The number of hydrogen-bond donors (Lipinski definition) is 1. The highest BCUT2D eigenvalue weighted by molar-refractivity contribution is 5.94. The summed E-state index contributed by atoms with van der Waals surface area (Å²) in [6.45, 7) is 3.96. The molecule has 4 heteroatoms. The highest BCUT2D eigenvalue weighted by Crippen LogP contribution is 2.25. The number of likely N-dealkylation sites (tertiary alicyclic amines) is 1. The molecule has 1 heterocycles. The molecule has 1 amide bonds. The molecule has 19 heavy (non-hydrogen) atoms. The largest absolute Gasteiger partial charge is 0.377 e. The Morgan fingerprint density at radius 3 is 3.00 bits per heavy atom. The summed E-state index contributed by atoms with van der Waals surface area (Å²) in [6, 6.07) is 7.54. The van der Waals surface area contributed by atoms with Crippen LogP contribution >= 0.6 is 0 Å². The third-order valence-electron chi connectivity index (χ3n) is 3.85. The first-order chi connectivity index (χ1) is 9.08. The van der Waals surface area contributed by atoms with Crippen molar-refractivity contribution >= 4 is 5.91 Å². The van der Waals surface area contributed by atoms with E-state index in [0.717, 1.165) is 24.9 Å². The molecule has 0 saturated carbocycles. The number of hydrogen-bond acceptors (Lipinski definition) is 3. The van der Waals surface area contributed by atoms with Gasteiger partial charge in [0.25, 0.3) is 5.91 Å². The van der Waals surface area contributed by atoms with Crippen molar-refractivity contribution in [2.75, 3.05) is 20.2 Å². The van der Waals surface area contributed by atoms with E-state index in [1.54, 1.807) is 7.11 Å². The van der Waals surface area contributed by atoms with Crippen molar-refractivity contribution in [3.05, 3.63) is 35.4 Å². The number of amides is 1. The van der Waals surface area contributed by atoms with Crippen LogP contribution in [0.2, 0.25) is 0 Å². The molecule has 1 aliphatic rings. The Balaban J connectivity index is 2.14. The Bertz CT molecular complexity index is 461. The molecule has 1 unspecified atom stereocenters. The van der Waals surface area contributed by atoms with Gasteiger partial charge in [0.15, 0.2) is 0 Å². The van der Waals surface area contributed by atoms with E-state index in [1.165, 1.54) is 0 Å². The van der Waals surface area contributed by atoms with Crippen molar-refractivity contribution in [3.8, 4) is 0 Å². The molecule has 4 nitrogen and oxygen atoms in total. The Morgan fingerprint density at radius 1 is 1.53 bits per heavy atom. The number of rotatable bonds is 3. The van der Waals surface area contributed by atoms with Gasteiger partial charge in [-0.2, -0.15) is 0 Å². The first-order valence-electron chi connectivity index (χ1n) is 6.71. The van der Waals surface area contributed by atoms with Gasteiger partial charge in [-0.3, -0.25) is 4.79 Å². The summed E-state index contributed by atoms with van der Waals surface area (Å²) in [5.74, 6) is 0.0678. The highest BCUT2D eigenvalue weighted by Gasteiger charge is 2.33. The van der Waals surface area contributed by atoms with Crippen molar-refractivity contribution in [1.82, 2.24) is 4.90 Å². The van der Waals surface area contributed by atoms with Crippen LogP contribution < -0.4 is 5.73 Å². The van der Waals surface area contributed by atoms with Gasteiger partial charge >= 0.3 is 0 Å². The lowest BCUT2D eigenvalue weighted by atomic mass is 9.94. The van der Waals surface area contributed by atoms with E-state index in [1.807, 2.05) is 29.2 Å². The van der Waals surface area contributed by atoms with Crippen molar-refractivity contribution in [2.24, 2.45) is 5.73 Å². The molecule has 2 N–H and O–H groups in total. The Kier molecular flexibility index (Phi) is 4.22. The molecule has 104 valence electrons. The van der Waals surface area contributed by atoms with Gasteiger partial charge < -0.3 is 15.4 Å². The fourth-order valence-corrected chi connectivity index (χ4v) is 2.56. The van der Waals surface area contributed by atoms with Crippen LogP contribution in [0.25, 0.3) is 0 Å². The molecule has 0 aromatic heterocycles. The van der Waals surface area contributed by atoms with E-state index in [4.69, 9.17) is 10.5 Å². The van der Waals surface area contributed by atoms with Crippen molar-refractivity contribution < 1.29 is 9.53 Å². The summed E-state index contributed by atoms with van der Waals surface area (Å²) >= 11 is 0. The third-order valence-corrected chi connectivity index (χ3v) is 3.85. The predicted molar refractivity (Wildman–Crippen MR) is 74.9 cm³/mol. The number of methoxy groups -OCH3 is 1. The van der Waals surface area contributed by atoms with Gasteiger partial charge in [0.05, 0.1) is 5.60 Å². The number of carbonyl (C=O) groups excluding carboxylic acids is 1. The van der Waals surface area contributed by atoms with Gasteiger partial charge in [-0.1, -0.05) is 12.1 Å². The summed E-state index contributed by atoms with van der Waals surface area (Å²) in [5.41, 5.74) is 7.09. The fraction of sp³-hybridized carbons (Fsp3) is 0.533. The molecular weight excluding hydrogens is 240 g/mol. The van der Waals surface area contributed by atoms with Crippen LogP contribution in [-0.4, -0.2) is 36.6 Å². The van der Waals surface area contributed by atoms with E-state index >= 15 is 0 Å². The Hall–Kier alpha value is -1.39. The quantitative estimate of drug-likeness (QED) is 0.903. The molecule has 1 aromatic rings. The summed E-state index contributed by atoms with van der Waals surface area (Å²) in [7, 11) is 1.71. The van der Waals surface area contributed by atoms with Crippen LogP contribution in [0.1, 0.15) is 35.7 Å². The number of ether oxygens (including phenoxy) is 1. The topological polar surface area (TPSA) is 55.6 Å². The number of piperidine rings is 1. The minimum atomic E-state index is -0.223. The Labute approximate surface area is 114 Å². The van der Waals surface area contributed by atoms with Gasteiger partial charge in [0.2, 0.25) is 0 Å². The molecule has 0 radical (unpaired) electrons. The average Bonchev–Trinajstić information content (AvgIpc) is 2.46. The third kappa shape index (κ3) is 3.14. The monoisotopic (exact) mass is 262 g/mol. The van der Waals surface area contributed by atoms with E-state index in [2.05, 4.69) is 6.92 Å². The van der Waals surface area contributed by atoms with Gasteiger partial charge in [-0.05, 0) is 37.5 Å². The zero-order chi connectivity index (χ0) is 13.9. The average molecular weight is 262 g/mol. The lowest BCUT2D eigenvalue weighted by Gasteiger charge is -2.39. The van der Waals surface area contributed by atoms with E-state index in [-0.39, 0.29) is 11.5 Å². The normalized spacial score (nSPS) is 23.4. The van der Waals surface area contributed by atoms with E-state index < -0.39 is 0 Å². The van der Waals surface area contributed by atoms with E-state index in [0.29, 0.717) is 18.7 Å². The van der Waals surface area contributed by atoms with Crippen molar-refractivity contribution in [1.29, 1.82) is 0 Å². The van der Waals surface area contributed by atoms with Crippen LogP contribution in [0.15, 0.2) is 24.3 Å². The summed E-state index contributed by atoms with van der Waals surface area (Å²) in [4.78, 5) is 14.4. The molecule has 1 aromatic carbocycles. The minimum Gasteiger partial charge on any atom is -0.377 e. The second-order valence-corrected chi connectivity index (χ2v) is 5.39. The molecule has 0 aliphatic carbocycles. The summed E-state index contributed by atoms with van der Waals surface area (Å²) in [6.07, 6.45) is 1.97. The van der Waals surface area contributed by atoms with Crippen molar-refractivity contribution in [2.45, 2.75) is 31.9 Å². The maximum Gasteiger partial charge on any atom is 0.253 e. The van der Waals surface area contributed by atoms with Crippen LogP contribution in [0, 0.1) is 0 Å². The van der Waals surface area contributed by atoms with Crippen LogP contribution in [0.5, 0.6) is 0 Å². The van der Waals surface area contributed by atoms with Gasteiger partial charge in [-0.15, -0.1) is 0 Å². The molecule has 1 aliphatic heterocycles. The molecule has 1 saturated heterocycles. The number of nitrogens with two attached hydrogens (primary N) is 1. The molecule has 0 bridgehead atoms. The van der Waals surface area contributed by atoms with Crippen LogP contribution in [0.3, 0.4) is 0 Å². The second kappa shape index (κ2) is 5.72. The predicted octanol–water partition coefficient (Wildman–Crippen LogP) is 1.79. The van der Waals surface area contributed by atoms with Gasteiger partial charge in [0, 0.05) is 32.3 Å². The molecule has 2 rings (SSSR count). The minimum absolute atomic E-state index is 0.0678. The molecule has 1 atom stereocenters. The Morgan fingerprint density at radius 2 is 2.32 bits per heavy atom. The molecule has 0 spiro atoms. The fourth-order valence-electron chi connectivity index (χ4n) is 2.56. The van der Waals surface area contributed by atoms with Gasteiger partial charge in [-0.25, -0.2) is 0 Å². The lowest BCUT2D eigenvalue weighted by molar-refractivity contribution is -0.0440. The van der Waals surface area contributed by atoms with Gasteiger partial charge in [0.1, 0.15) is 0 Å². The van der Waals surface area contributed by atoms with Crippen molar-refractivity contribution in [3.63, 3.8) is 0 Å². The van der Waals surface area contributed by atoms with E-state index in [9.17, 15) is 4.79 Å². The lowest BCUT2D eigenvalue weighted by Crippen LogP contribution is -2.49. The highest BCUT2D eigenvalue weighted by atomic mass is 16.5. The molecular formula is C15H22N2O2. The smallest absolute Gasteiger partial charge is 0.253 e. The number of benzene rings is 1. The first kappa shape index (κ1) is 14.0. The maximum atomic E-state index is 12.5. The second-order valence-electron chi connectivity index (χ2n) is 5.39. The number of nitrogens with zero attached hydrogens (tertiary/aromatic N) is 1. The SMILES string of the molecule is COC1(C)CCCN(C(=O)c2cccc(CN)c2)C1. The van der Waals surface area contributed by atoms with Crippen LogP contribution in [-0.2, 0) is 11.3 Å². The molecule has 1 fully saturated rings. The van der Waals surface area contributed by atoms with Crippen LogP contribution in [0.4, 0.5) is 0 Å². The zero-order valence-corrected chi connectivity index (χ0v) is 11.7. The zero-order valence-electron chi connectivity index (χ0n) is 11.7. The first-order valence-corrected chi connectivity index (χ1v) is 6.71. The number of carbonyl (C=O) groups is 1. The maximum absolute atomic E-state index is 12.5. The summed E-state index contributed by atoms with van der Waals surface area (Å²) < 4.78 is 5.53. The standard InChI is InChI=1S/C15H22N2O2/c1-15(19-2)7-4-8-17(11-15)14(18)13-6-3-5-12(9-13)10-16/h3,5-6,9H,4,7-8,10-11,16H2,1-2H3.